The van der Waals surface area contributed by atoms with Gasteiger partial charge in [-0.3, -0.25) is 0 Å². The summed E-state index contributed by atoms with van der Waals surface area (Å²) >= 11 is 0. The van der Waals surface area contributed by atoms with Crippen molar-refractivity contribution in [2.45, 2.75) is 13.8 Å². The third kappa shape index (κ3) is 1.76. The zero-order chi connectivity index (χ0) is 10.6. The summed E-state index contributed by atoms with van der Waals surface area (Å²) in [5.74, 6) is -0.896. The second-order valence-corrected chi connectivity index (χ2v) is 2.55. The van der Waals surface area contributed by atoms with Crippen LogP contribution < -0.4 is 0 Å². The fourth-order valence-corrected chi connectivity index (χ4v) is 1.25. The number of carbonyl (C=O) groups is 1. The van der Waals surface area contributed by atoms with Crippen LogP contribution in [0.1, 0.15) is 24.2 Å². The topological polar surface area (TPSA) is 53.1 Å². The van der Waals surface area contributed by atoms with E-state index in [2.05, 4.69) is 4.98 Å². The molecule has 0 atom stereocenters. The second-order valence-electron chi connectivity index (χ2n) is 2.55. The SMILES string of the molecule is CC.O=C(O)c1c[nH]c2ccccc12. The predicted octanol–water partition coefficient (Wildman–Crippen LogP) is 2.89. The molecule has 14 heavy (non-hydrogen) atoms. The summed E-state index contributed by atoms with van der Waals surface area (Å²) in [4.78, 5) is 13.5. The van der Waals surface area contributed by atoms with Crippen molar-refractivity contribution in [3.8, 4) is 0 Å². The van der Waals surface area contributed by atoms with Crippen LogP contribution in [-0.2, 0) is 0 Å². The molecule has 3 nitrogen and oxygen atoms in total. The smallest absolute Gasteiger partial charge is 0.337 e. The minimum atomic E-state index is -0.896. The quantitative estimate of drug-likeness (QED) is 0.728. The Hall–Kier alpha value is -1.77. The zero-order valence-electron chi connectivity index (χ0n) is 8.24. The largest absolute Gasteiger partial charge is 0.478 e. The molecule has 0 radical (unpaired) electrons. The number of aromatic nitrogens is 1. The van der Waals surface area contributed by atoms with Gasteiger partial charge in [0.15, 0.2) is 0 Å². The van der Waals surface area contributed by atoms with Crippen molar-refractivity contribution < 1.29 is 9.90 Å². The van der Waals surface area contributed by atoms with Crippen LogP contribution >= 0.6 is 0 Å². The fraction of sp³-hybridized carbons (Fsp3) is 0.182. The van der Waals surface area contributed by atoms with E-state index < -0.39 is 5.97 Å². The van der Waals surface area contributed by atoms with E-state index >= 15 is 0 Å². The molecule has 0 saturated carbocycles. The molecule has 0 saturated heterocycles. The van der Waals surface area contributed by atoms with Gasteiger partial charge in [-0.2, -0.15) is 0 Å². The Balaban J connectivity index is 0.000000461. The molecule has 0 amide bonds. The Kier molecular flexibility index (Phi) is 3.29. The average Bonchev–Trinajstić information content (AvgIpc) is 2.64. The monoisotopic (exact) mass is 191 g/mol. The molecule has 2 rings (SSSR count). The molecule has 0 aliphatic carbocycles. The summed E-state index contributed by atoms with van der Waals surface area (Å²) in [5.41, 5.74) is 1.18. The van der Waals surface area contributed by atoms with E-state index in [1.807, 2.05) is 32.0 Å². The van der Waals surface area contributed by atoms with Gasteiger partial charge >= 0.3 is 5.97 Å². The number of aromatic amines is 1. The Morgan fingerprint density at radius 2 is 1.93 bits per heavy atom. The van der Waals surface area contributed by atoms with Crippen LogP contribution in [0.15, 0.2) is 30.5 Å². The van der Waals surface area contributed by atoms with Gasteiger partial charge in [-0.05, 0) is 6.07 Å². The third-order valence-corrected chi connectivity index (χ3v) is 1.82. The van der Waals surface area contributed by atoms with Crippen molar-refractivity contribution >= 4 is 16.9 Å². The first-order chi connectivity index (χ1) is 6.79. The van der Waals surface area contributed by atoms with Crippen LogP contribution in [-0.4, -0.2) is 16.1 Å². The molecule has 1 aromatic carbocycles. The molecule has 2 N–H and O–H groups in total. The Morgan fingerprint density at radius 3 is 2.57 bits per heavy atom. The summed E-state index contributed by atoms with van der Waals surface area (Å²) in [6.45, 7) is 4.00. The lowest BCUT2D eigenvalue weighted by molar-refractivity contribution is 0.0699. The van der Waals surface area contributed by atoms with E-state index in [0.717, 1.165) is 10.9 Å². The molecule has 0 aliphatic rings. The molecule has 2 aromatic rings. The van der Waals surface area contributed by atoms with Crippen LogP contribution in [0, 0.1) is 0 Å². The predicted molar refractivity (Wildman–Crippen MR) is 56.6 cm³/mol. The summed E-state index contributed by atoms with van der Waals surface area (Å²) in [7, 11) is 0. The molecule has 1 heterocycles. The molecule has 0 bridgehead atoms. The van der Waals surface area contributed by atoms with E-state index in [-0.39, 0.29) is 0 Å². The highest BCUT2D eigenvalue weighted by Gasteiger charge is 2.08. The minimum Gasteiger partial charge on any atom is -0.478 e. The van der Waals surface area contributed by atoms with Gasteiger partial charge in [-0.25, -0.2) is 4.79 Å². The van der Waals surface area contributed by atoms with E-state index in [4.69, 9.17) is 5.11 Å². The van der Waals surface area contributed by atoms with E-state index in [1.54, 1.807) is 6.07 Å². The first kappa shape index (κ1) is 10.3. The first-order valence-corrected chi connectivity index (χ1v) is 4.58. The van der Waals surface area contributed by atoms with Crippen molar-refractivity contribution in [1.82, 2.24) is 4.98 Å². The van der Waals surface area contributed by atoms with Gasteiger partial charge in [-0.1, -0.05) is 32.0 Å². The summed E-state index contributed by atoms with van der Waals surface area (Å²) in [5, 5.41) is 9.51. The summed E-state index contributed by atoms with van der Waals surface area (Å²) in [6.07, 6.45) is 1.51. The van der Waals surface area contributed by atoms with Crippen LogP contribution in [0.2, 0.25) is 0 Å². The van der Waals surface area contributed by atoms with Crippen LogP contribution in [0.4, 0.5) is 0 Å². The number of para-hydroxylation sites is 1. The highest BCUT2D eigenvalue weighted by molar-refractivity contribution is 6.02. The number of nitrogens with one attached hydrogen (secondary N) is 1. The number of hydrogen-bond acceptors (Lipinski definition) is 1. The number of carboxylic acids is 1. The highest BCUT2D eigenvalue weighted by Crippen LogP contribution is 2.16. The normalized spacial score (nSPS) is 9.29. The van der Waals surface area contributed by atoms with Crippen molar-refractivity contribution in [3.05, 3.63) is 36.0 Å². The van der Waals surface area contributed by atoms with Crippen LogP contribution in [0.25, 0.3) is 10.9 Å². The fourth-order valence-electron chi connectivity index (χ4n) is 1.25. The number of H-pyrrole nitrogens is 1. The number of rotatable bonds is 1. The Bertz CT molecular complexity index is 432. The summed E-state index contributed by atoms with van der Waals surface area (Å²) < 4.78 is 0. The van der Waals surface area contributed by atoms with Crippen molar-refractivity contribution in [1.29, 1.82) is 0 Å². The van der Waals surface area contributed by atoms with Gasteiger partial charge in [0.1, 0.15) is 0 Å². The lowest BCUT2D eigenvalue weighted by atomic mass is 10.2. The number of fused-ring (bicyclic) bond motifs is 1. The molecule has 74 valence electrons. The second kappa shape index (κ2) is 4.46. The number of benzene rings is 1. The zero-order valence-corrected chi connectivity index (χ0v) is 8.24. The molecule has 3 heteroatoms. The van der Waals surface area contributed by atoms with Gasteiger partial charge < -0.3 is 10.1 Å². The molecular weight excluding hydrogens is 178 g/mol. The van der Waals surface area contributed by atoms with Crippen molar-refractivity contribution in [3.63, 3.8) is 0 Å². The molecule has 1 aromatic heterocycles. The van der Waals surface area contributed by atoms with E-state index in [1.165, 1.54) is 6.20 Å². The molecule has 0 fully saturated rings. The lowest BCUT2D eigenvalue weighted by Crippen LogP contribution is -1.92. The standard InChI is InChI=1S/C9H7NO2.C2H6/c11-9(12)7-5-10-8-4-2-1-3-6(7)8;1-2/h1-5,10H,(H,11,12);1-2H3. The molecule has 0 unspecified atom stereocenters. The number of hydrogen-bond donors (Lipinski definition) is 2. The summed E-state index contributed by atoms with van der Waals surface area (Å²) in [6, 6.07) is 7.32. The van der Waals surface area contributed by atoms with Gasteiger partial charge in [0.2, 0.25) is 0 Å². The van der Waals surface area contributed by atoms with Crippen molar-refractivity contribution in [2.75, 3.05) is 0 Å². The van der Waals surface area contributed by atoms with Gasteiger partial charge in [0.05, 0.1) is 5.56 Å². The number of carboxylic acid groups (broad SMARTS) is 1. The van der Waals surface area contributed by atoms with Crippen LogP contribution in [0.5, 0.6) is 0 Å². The van der Waals surface area contributed by atoms with Crippen molar-refractivity contribution in [2.24, 2.45) is 0 Å². The van der Waals surface area contributed by atoms with Gasteiger partial charge in [0.25, 0.3) is 0 Å². The first-order valence-electron chi connectivity index (χ1n) is 4.58. The van der Waals surface area contributed by atoms with Gasteiger partial charge in [-0.15, -0.1) is 0 Å². The van der Waals surface area contributed by atoms with Crippen LogP contribution in [0.3, 0.4) is 0 Å². The Morgan fingerprint density at radius 1 is 1.29 bits per heavy atom. The maximum Gasteiger partial charge on any atom is 0.337 e. The maximum atomic E-state index is 10.7. The average molecular weight is 191 g/mol. The van der Waals surface area contributed by atoms with E-state index in [0.29, 0.717) is 5.56 Å². The minimum absolute atomic E-state index is 0.325. The van der Waals surface area contributed by atoms with Gasteiger partial charge in [0, 0.05) is 17.1 Å². The number of aromatic carboxylic acids is 1. The van der Waals surface area contributed by atoms with E-state index in [9.17, 15) is 4.79 Å². The molecular formula is C11H13NO2. The lowest BCUT2D eigenvalue weighted by Gasteiger charge is -1.89. The maximum absolute atomic E-state index is 10.7. The third-order valence-electron chi connectivity index (χ3n) is 1.82. The molecule has 0 aliphatic heterocycles. The highest BCUT2D eigenvalue weighted by atomic mass is 16.4. The molecule has 0 spiro atoms. The Labute approximate surface area is 82.4 Å².